The van der Waals surface area contributed by atoms with Gasteiger partial charge in [-0.25, -0.2) is 0 Å². The van der Waals surface area contributed by atoms with Crippen molar-refractivity contribution in [2.24, 2.45) is 22.2 Å². The molecule has 4 unspecified atom stereocenters. The van der Waals surface area contributed by atoms with E-state index in [4.69, 9.17) is 14.5 Å². The highest BCUT2D eigenvalue weighted by molar-refractivity contribution is 5.80. The smallest absolute Gasteiger partial charge is 0.193 e. The Hall–Kier alpha value is -0.850. The van der Waals surface area contributed by atoms with Crippen molar-refractivity contribution < 1.29 is 9.47 Å². The van der Waals surface area contributed by atoms with Gasteiger partial charge in [-0.2, -0.15) is 0 Å². The number of hydrogen-bond acceptors (Lipinski definition) is 4. The Kier molecular flexibility index (Phi) is 5.07. The molecule has 2 saturated carbocycles. The van der Waals surface area contributed by atoms with Crippen molar-refractivity contribution in [1.29, 1.82) is 0 Å². The lowest BCUT2D eigenvalue weighted by Crippen LogP contribution is -2.69. The Bertz CT molecular complexity index is 556. The third-order valence-corrected chi connectivity index (χ3v) is 7.99. The zero-order chi connectivity index (χ0) is 18.3. The van der Waals surface area contributed by atoms with Crippen LogP contribution >= 0.6 is 0 Å². The second-order valence-corrected chi connectivity index (χ2v) is 9.37. The zero-order valence-corrected chi connectivity index (χ0v) is 16.9. The lowest BCUT2D eigenvalue weighted by atomic mass is 9.54. The van der Waals surface area contributed by atoms with Gasteiger partial charge in [0.25, 0.3) is 0 Å². The predicted molar refractivity (Wildman–Crippen MR) is 106 cm³/mol. The molecule has 27 heavy (non-hydrogen) atoms. The molecule has 0 aromatic heterocycles. The van der Waals surface area contributed by atoms with Crippen LogP contribution in [0.4, 0.5) is 0 Å². The molecule has 6 heteroatoms. The first-order valence-corrected chi connectivity index (χ1v) is 11.2. The number of guanidine groups is 1. The van der Waals surface area contributed by atoms with E-state index in [2.05, 4.69) is 15.1 Å². The summed E-state index contributed by atoms with van der Waals surface area (Å²) in [6.45, 7) is 8.43. The first-order chi connectivity index (χ1) is 13.3. The Balaban J connectivity index is 1.20. The van der Waals surface area contributed by atoms with E-state index in [1.165, 1.54) is 45.1 Å². The van der Waals surface area contributed by atoms with Gasteiger partial charge in [-0.15, -0.1) is 0 Å². The van der Waals surface area contributed by atoms with Gasteiger partial charge in [-0.05, 0) is 31.6 Å². The lowest BCUT2D eigenvalue weighted by molar-refractivity contribution is -0.125. The van der Waals surface area contributed by atoms with Crippen LogP contribution in [0, 0.1) is 17.3 Å². The van der Waals surface area contributed by atoms with Crippen molar-refractivity contribution in [1.82, 2.24) is 15.1 Å². The number of nitrogens with zero attached hydrogens (tertiary/aromatic N) is 3. The number of ether oxygens (including phenoxy) is 2. The summed E-state index contributed by atoms with van der Waals surface area (Å²) in [5.74, 6) is 2.60. The Morgan fingerprint density at radius 2 is 1.93 bits per heavy atom. The number of hydrogen-bond donors (Lipinski definition) is 1. The maximum absolute atomic E-state index is 6.15. The number of likely N-dealkylation sites (tertiary alicyclic amines) is 1. The molecule has 1 N–H and O–H groups in total. The van der Waals surface area contributed by atoms with E-state index in [1.807, 2.05) is 7.05 Å². The summed E-state index contributed by atoms with van der Waals surface area (Å²) in [4.78, 5) is 9.79. The molecule has 2 aliphatic carbocycles. The number of fused-ring (bicyclic) bond motifs is 2. The highest BCUT2D eigenvalue weighted by Crippen LogP contribution is 2.60. The third kappa shape index (κ3) is 3.18. The second-order valence-electron chi connectivity index (χ2n) is 9.37. The SMILES string of the molecule is CN=C(NC1C2CCOC2C12CCCC2)N1CCC(CN2CCOCC2)C1. The Morgan fingerprint density at radius 3 is 2.70 bits per heavy atom. The number of rotatable bonds is 3. The number of nitrogens with one attached hydrogen (secondary N) is 1. The van der Waals surface area contributed by atoms with Crippen molar-refractivity contribution in [2.45, 2.75) is 50.7 Å². The van der Waals surface area contributed by atoms with Crippen LogP contribution in [0.25, 0.3) is 0 Å². The lowest BCUT2D eigenvalue weighted by Gasteiger charge is -2.57. The van der Waals surface area contributed by atoms with Gasteiger partial charge in [-0.3, -0.25) is 9.89 Å². The molecule has 3 heterocycles. The van der Waals surface area contributed by atoms with Crippen LogP contribution < -0.4 is 5.32 Å². The molecule has 5 rings (SSSR count). The molecule has 152 valence electrons. The van der Waals surface area contributed by atoms with Crippen molar-refractivity contribution in [2.75, 3.05) is 59.6 Å². The number of aliphatic imine (C=N–C) groups is 1. The molecule has 1 spiro atoms. The van der Waals surface area contributed by atoms with Gasteiger partial charge in [0.15, 0.2) is 5.96 Å². The van der Waals surface area contributed by atoms with Crippen molar-refractivity contribution >= 4 is 5.96 Å². The van der Waals surface area contributed by atoms with E-state index < -0.39 is 0 Å². The van der Waals surface area contributed by atoms with Gasteiger partial charge in [0.1, 0.15) is 0 Å². The molecule has 5 fully saturated rings. The summed E-state index contributed by atoms with van der Waals surface area (Å²) in [6, 6.07) is 0.574. The van der Waals surface area contributed by atoms with Gasteiger partial charge in [0, 0.05) is 63.8 Å². The molecule has 3 saturated heterocycles. The van der Waals surface area contributed by atoms with Crippen LogP contribution in [0.15, 0.2) is 4.99 Å². The van der Waals surface area contributed by atoms with E-state index >= 15 is 0 Å². The fraction of sp³-hybridized carbons (Fsp3) is 0.952. The second kappa shape index (κ2) is 7.53. The quantitative estimate of drug-likeness (QED) is 0.598. The minimum Gasteiger partial charge on any atom is -0.379 e. The molecule has 3 aliphatic heterocycles. The number of morpholine rings is 1. The maximum Gasteiger partial charge on any atom is 0.193 e. The molecule has 4 atom stereocenters. The molecular formula is C21H36N4O2. The van der Waals surface area contributed by atoms with E-state index in [0.717, 1.165) is 57.9 Å². The first kappa shape index (κ1) is 18.2. The van der Waals surface area contributed by atoms with E-state index in [9.17, 15) is 0 Å². The third-order valence-electron chi connectivity index (χ3n) is 7.99. The average molecular weight is 377 g/mol. The molecule has 0 aromatic carbocycles. The molecule has 0 aromatic rings. The van der Waals surface area contributed by atoms with Crippen LogP contribution in [-0.4, -0.2) is 87.5 Å². The highest BCUT2D eigenvalue weighted by Gasteiger charge is 2.65. The van der Waals surface area contributed by atoms with Gasteiger partial charge in [-0.1, -0.05) is 12.8 Å². The summed E-state index contributed by atoms with van der Waals surface area (Å²) < 4.78 is 11.6. The van der Waals surface area contributed by atoms with Crippen LogP contribution in [0.3, 0.4) is 0 Å². The minimum absolute atomic E-state index is 0.393. The standard InChI is InChI=1S/C21H36N4O2/c1-22-20(25-8-4-16(15-25)14-24-9-12-26-13-10-24)23-18-17-5-11-27-19(17)21(18)6-2-3-7-21/h16-19H,2-15H2,1H3,(H,22,23). The predicted octanol–water partition coefficient (Wildman–Crippen LogP) is 1.56. The monoisotopic (exact) mass is 376 g/mol. The summed E-state index contributed by atoms with van der Waals surface area (Å²) in [6.07, 6.45) is 8.43. The molecule has 0 radical (unpaired) electrons. The summed E-state index contributed by atoms with van der Waals surface area (Å²) in [7, 11) is 1.96. The van der Waals surface area contributed by atoms with Crippen LogP contribution in [-0.2, 0) is 9.47 Å². The molecule has 5 aliphatic rings. The Labute approximate surface area is 163 Å². The van der Waals surface area contributed by atoms with E-state index in [-0.39, 0.29) is 0 Å². The molecule has 6 nitrogen and oxygen atoms in total. The minimum atomic E-state index is 0.393. The normalized spacial score (nSPS) is 39.0. The summed E-state index contributed by atoms with van der Waals surface area (Å²) in [5, 5.41) is 3.94. The fourth-order valence-electron chi connectivity index (χ4n) is 6.66. The summed E-state index contributed by atoms with van der Waals surface area (Å²) in [5.41, 5.74) is 0.393. The van der Waals surface area contributed by atoms with Crippen LogP contribution in [0.2, 0.25) is 0 Å². The van der Waals surface area contributed by atoms with Gasteiger partial charge < -0.3 is 19.7 Å². The topological polar surface area (TPSA) is 49.3 Å². The van der Waals surface area contributed by atoms with Crippen molar-refractivity contribution in [3.63, 3.8) is 0 Å². The Morgan fingerprint density at radius 1 is 1.11 bits per heavy atom. The largest absolute Gasteiger partial charge is 0.379 e. The van der Waals surface area contributed by atoms with Crippen LogP contribution in [0.1, 0.15) is 38.5 Å². The van der Waals surface area contributed by atoms with Gasteiger partial charge >= 0.3 is 0 Å². The van der Waals surface area contributed by atoms with E-state index in [0.29, 0.717) is 23.5 Å². The van der Waals surface area contributed by atoms with E-state index in [1.54, 1.807) is 0 Å². The highest BCUT2D eigenvalue weighted by atomic mass is 16.5. The van der Waals surface area contributed by atoms with Crippen molar-refractivity contribution in [3.8, 4) is 0 Å². The molecule has 0 bridgehead atoms. The first-order valence-electron chi connectivity index (χ1n) is 11.2. The fourth-order valence-corrected chi connectivity index (χ4v) is 6.66. The maximum atomic E-state index is 6.15. The average Bonchev–Trinajstić information content (AvgIpc) is 3.43. The van der Waals surface area contributed by atoms with Gasteiger partial charge in [0.2, 0.25) is 0 Å². The molecular weight excluding hydrogens is 340 g/mol. The zero-order valence-electron chi connectivity index (χ0n) is 16.9. The van der Waals surface area contributed by atoms with Crippen LogP contribution in [0.5, 0.6) is 0 Å². The van der Waals surface area contributed by atoms with Gasteiger partial charge in [0.05, 0.1) is 19.3 Å². The molecule has 0 amide bonds. The summed E-state index contributed by atoms with van der Waals surface area (Å²) >= 11 is 0. The van der Waals surface area contributed by atoms with Crippen molar-refractivity contribution in [3.05, 3.63) is 0 Å².